The molecule has 4 nitrogen and oxygen atoms in total. The van der Waals surface area contributed by atoms with E-state index in [1.54, 1.807) is 12.1 Å². The summed E-state index contributed by atoms with van der Waals surface area (Å²) in [4.78, 5) is 16.1. The van der Waals surface area contributed by atoms with Crippen LogP contribution in [0.5, 0.6) is 0 Å². The summed E-state index contributed by atoms with van der Waals surface area (Å²) >= 11 is 0.995. The Hall–Kier alpha value is -2.67. The lowest BCUT2D eigenvalue weighted by atomic mass is 10.2. The molecule has 0 radical (unpaired) electrons. The number of nitrogens with one attached hydrogen (secondary N) is 1. The average Bonchev–Trinajstić information content (AvgIpc) is 2.96. The predicted molar refractivity (Wildman–Crippen MR) is 79.7 cm³/mol. The molecule has 0 spiro atoms. The predicted octanol–water partition coefficient (Wildman–Crippen LogP) is 3.74. The third-order valence-corrected chi connectivity index (χ3v) is 3.47. The molecule has 0 aliphatic rings. The maximum absolute atomic E-state index is 13.1. The number of benzene rings is 2. The van der Waals surface area contributed by atoms with Gasteiger partial charge in [0.25, 0.3) is 5.91 Å². The molecule has 0 saturated carbocycles. The molecule has 3 aromatic rings. The molecule has 1 N–H and O–H groups in total. The van der Waals surface area contributed by atoms with Crippen molar-refractivity contribution in [2.45, 2.75) is 0 Å². The van der Waals surface area contributed by atoms with Crippen LogP contribution in [0, 0.1) is 11.6 Å². The van der Waals surface area contributed by atoms with Gasteiger partial charge in [0.1, 0.15) is 11.6 Å². The summed E-state index contributed by atoms with van der Waals surface area (Å²) in [6.07, 6.45) is 0. The van der Waals surface area contributed by atoms with Crippen LogP contribution in [0.4, 0.5) is 13.9 Å². The van der Waals surface area contributed by atoms with E-state index >= 15 is 0 Å². The fourth-order valence-electron chi connectivity index (χ4n) is 1.79. The van der Waals surface area contributed by atoms with E-state index in [-0.39, 0.29) is 16.5 Å². The van der Waals surface area contributed by atoms with Crippen molar-refractivity contribution in [2.75, 3.05) is 5.32 Å². The first kappa shape index (κ1) is 14.3. The molecule has 0 aliphatic carbocycles. The number of nitrogens with zero attached hydrogens (tertiary/aromatic N) is 2. The van der Waals surface area contributed by atoms with Gasteiger partial charge in [-0.25, -0.2) is 8.78 Å². The Morgan fingerprint density at radius 3 is 2.55 bits per heavy atom. The maximum atomic E-state index is 13.1. The summed E-state index contributed by atoms with van der Waals surface area (Å²) in [6.45, 7) is 0. The van der Waals surface area contributed by atoms with E-state index in [1.165, 1.54) is 30.3 Å². The van der Waals surface area contributed by atoms with Gasteiger partial charge in [-0.3, -0.25) is 10.1 Å². The first-order chi connectivity index (χ1) is 10.6. The highest BCUT2D eigenvalue weighted by atomic mass is 32.1. The number of halogens is 2. The number of hydrogen-bond donors (Lipinski definition) is 1. The minimum atomic E-state index is -0.489. The molecule has 0 aliphatic heterocycles. The molecule has 0 saturated heterocycles. The number of carbonyl (C=O) groups is 1. The van der Waals surface area contributed by atoms with E-state index in [2.05, 4.69) is 14.7 Å². The standard InChI is InChI=1S/C15H9F2N3OS/c16-11-6-4-9(5-7-11)13-18-15(22-20-13)19-14(21)10-2-1-3-12(17)8-10/h1-8H,(H,18,19,20,21). The highest BCUT2D eigenvalue weighted by Crippen LogP contribution is 2.21. The van der Waals surface area contributed by atoms with Crippen molar-refractivity contribution in [3.63, 3.8) is 0 Å². The van der Waals surface area contributed by atoms with Crippen LogP contribution >= 0.6 is 11.5 Å². The normalized spacial score (nSPS) is 10.5. The van der Waals surface area contributed by atoms with Crippen molar-refractivity contribution in [1.82, 2.24) is 9.36 Å². The Kier molecular flexibility index (Phi) is 3.88. The summed E-state index contributed by atoms with van der Waals surface area (Å²) in [5.41, 5.74) is 0.836. The van der Waals surface area contributed by atoms with E-state index in [9.17, 15) is 13.6 Å². The van der Waals surface area contributed by atoms with Gasteiger partial charge in [-0.15, -0.1) is 0 Å². The molecule has 2 aromatic carbocycles. The molecule has 7 heteroatoms. The fraction of sp³-hybridized carbons (Fsp3) is 0. The quantitative estimate of drug-likeness (QED) is 0.800. The zero-order valence-corrected chi connectivity index (χ0v) is 11.9. The van der Waals surface area contributed by atoms with Gasteiger partial charge in [-0.2, -0.15) is 9.36 Å². The molecular formula is C15H9F2N3OS. The third kappa shape index (κ3) is 3.15. The van der Waals surface area contributed by atoms with Crippen LogP contribution in [-0.2, 0) is 0 Å². The Labute approximate surface area is 128 Å². The minimum absolute atomic E-state index is 0.193. The van der Waals surface area contributed by atoms with E-state index < -0.39 is 11.7 Å². The lowest BCUT2D eigenvalue weighted by Gasteiger charge is -2.00. The number of rotatable bonds is 3. The zero-order valence-electron chi connectivity index (χ0n) is 11.1. The van der Waals surface area contributed by atoms with Crippen molar-refractivity contribution in [3.05, 3.63) is 65.7 Å². The second-order valence-electron chi connectivity index (χ2n) is 4.39. The molecule has 22 heavy (non-hydrogen) atoms. The van der Waals surface area contributed by atoms with Crippen molar-refractivity contribution >= 4 is 22.6 Å². The highest BCUT2D eigenvalue weighted by molar-refractivity contribution is 7.10. The van der Waals surface area contributed by atoms with E-state index in [0.717, 1.165) is 17.6 Å². The largest absolute Gasteiger partial charge is 0.297 e. The SMILES string of the molecule is O=C(Nc1nc(-c2ccc(F)cc2)ns1)c1cccc(F)c1. The molecule has 1 aromatic heterocycles. The number of carbonyl (C=O) groups excluding carboxylic acids is 1. The van der Waals surface area contributed by atoms with Crippen molar-refractivity contribution in [2.24, 2.45) is 0 Å². The first-order valence-corrected chi connectivity index (χ1v) is 7.06. The van der Waals surface area contributed by atoms with Crippen LogP contribution in [0.25, 0.3) is 11.4 Å². The molecule has 3 rings (SSSR count). The lowest BCUT2D eigenvalue weighted by molar-refractivity contribution is 0.102. The van der Waals surface area contributed by atoms with E-state index in [0.29, 0.717) is 11.4 Å². The van der Waals surface area contributed by atoms with Crippen LogP contribution in [0.3, 0.4) is 0 Å². The van der Waals surface area contributed by atoms with Gasteiger partial charge in [0.05, 0.1) is 0 Å². The van der Waals surface area contributed by atoms with Gasteiger partial charge >= 0.3 is 0 Å². The molecule has 0 fully saturated rings. The Bertz CT molecular complexity index is 818. The first-order valence-electron chi connectivity index (χ1n) is 6.28. The van der Waals surface area contributed by atoms with E-state index in [4.69, 9.17) is 0 Å². The van der Waals surface area contributed by atoms with Crippen molar-refractivity contribution in [1.29, 1.82) is 0 Å². The van der Waals surface area contributed by atoms with Crippen LogP contribution in [0.15, 0.2) is 48.5 Å². The average molecular weight is 317 g/mol. The molecular weight excluding hydrogens is 308 g/mol. The Morgan fingerprint density at radius 2 is 1.82 bits per heavy atom. The fourth-order valence-corrected chi connectivity index (χ4v) is 2.37. The monoisotopic (exact) mass is 317 g/mol. The van der Waals surface area contributed by atoms with Gasteiger partial charge in [-0.1, -0.05) is 6.07 Å². The summed E-state index contributed by atoms with van der Waals surface area (Å²) in [7, 11) is 0. The smallest absolute Gasteiger partial charge is 0.257 e. The topological polar surface area (TPSA) is 54.9 Å². The second-order valence-corrected chi connectivity index (χ2v) is 5.15. The van der Waals surface area contributed by atoms with Gasteiger partial charge in [0.15, 0.2) is 5.82 Å². The second kappa shape index (κ2) is 5.98. The number of aromatic nitrogens is 2. The summed E-state index contributed by atoms with van der Waals surface area (Å²) < 4.78 is 30.1. The molecule has 0 atom stereocenters. The number of amides is 1. The molecule has 110 valence electrons. The Balaban J connectivity index is 1.77. The van der Waals surface area contributed by atoms with Gasteiger partial charge in [0, 0.05) is 22.7 Å². The van der Waals surface area contributed by atoms with Gasteiger partial charge in [-0.05, 0) is 42.5 Å². The van der Waals surface area contributed by atoms with E-state index in [1.807, 2.05) is 0 Å². The Morgan fingerprint density at radius 1 is 1.05 bits per heavy atom. The van der Waals surface area contributed by atoms with Gasteiger partial charge < -0.3 is 0 Å². The molecule has 0 unspecified atom stereocenters. The number of anilines is 1. The van der Waals surface area contributed by atoms with Crippen LogP contribution in [-0.4, -0.2) is 15.3 Å². The van der Waals surface area contributed by atoms with Gasteiger partial charge in [0.2, 0.25) is 5.13 Å². The molecule has 1 heterocycles. The van der Waals surface area contributed by atoms with Crippen LogP contribution in [0.1, 0.15) is 10.4 Å². The molecule has 1 amide bonds. The van der Waals surface area contributed by atoms with Crippen LogP contribution < -0.4 is 5.32 Å². The summed E-state index contributed by atoms with van der Waals surface area (Å²) in [5.74, 6) is -0.920. The minimum Gasteiger partial charge on any atom is -0.297 e. The number of hydrogen-bond acceptors (Lipinski definition) is 4. The van der Waals surface area contributed by atoms with Crippen molar-refractivity contribution in [3.8, 4) is 11.4 Å². The summed E-state index contributed by atoms with van der Waals surface area (Å²) in [6, 6.07) is 11.1. The molecule has 0 bridgehead atoms. The third-order valence-electron chi connectivity index (χ3n) is 2.84. The maximum Gasteiger partial charge on any atom is 0.257 e. The lowest BCUT2D eigenvalue weighted by Crippen LogP contribution is -2.11. The van der Waals surface area contributed by atoms with Crippen LogP contribution in [0.2, 0.25) is 0 Å². The summed E-state index contributed by atoms with van der Waals surface area (Å²) in [5, 5.41) is 2.84. The van der Waals surface area contributed by atoms with Crippen molar-refractivity contribution < 1.29 is 13.6 Å². The highest BCUT2D eigenvalue weighted by Gasteiger charge is 2.11. The zero-order chi connectivity index (χ0) is 15.5.